The summed E-state index contributed by atoms with van der Waals surface area (Å²) >= 11 is 1.31. The molecule has 3 aromatic heterocycles. The minimum absolute atomic E-state index is 0.205. The Labute approximate surface area is 229 Å². The summed E-state index contributed by atoms with van der Waals surface area (Å²) in [6.45, 7) is 2.75. The molecule has 6 rings (SSSR count). The highest BCUT2D eigenvalue weighted by atomic mass is 32.1. The fourth-order valence-electron chi connectivity index (χ4n) is 4.15. The summed E-state index contributed by atoms with van der Waals surface area (Å²) in [6, 6.07) is 27.7. The average Bonchev–Trinajstić information content (AvgIpc) is 3.67. The summed E-state index contributed by atoms with van der Waals surface area (Å²) in [7, 11) is 0. The van der Waals surface area contributed by atoms with Crippen molar-refractivity contribution >= 4 is 34.5 Å². The van der Waals surface area contributed by atoms with Crippen LogP contribution < -0.4 is 14.8 Å². The lowest BCUT2D eigenvalue weighted by Gasteiger charge is -2.05. The fraction of sp³-hybridized carbons (Fsp3) is 0.0968. The first-order valence-corrected chi connectivity index (χ1v) is 13.5. The molecule has 0 fully saturated rings. The van der Waals surface area contributed by atoms with Gasteiger partial charge in [0.05, 0.1) is 16.8 Å². The summed E-state index contributed by atoms with van der Waals surface area (Å²) in [6.07, 6.45) is 8.50. The SMILES string of the molecule is CCCOc1ccc(-c2nn(-c3ccccc3)cc2/C=c2\sc3nc(/C=C/c4ccccc4)nn3c2=O)cc1. The molecule has 0 aliphatic carbocycles. The first kappa shape index (κ1) is 24.5. The van der Waals surface area contributed by atoms with Crippen LogP contribution in [0.2, 0.25) is 0 Å². The van der Waals surface area contributed by atoms with E-state index in [1.807, 2.05) is 114 Å². The summed E-state index contributed by atoms with van der Waals surface area (Å²) in [5, 5.41) is 9.30. The number of rotatable bonds is 8. The number of thiazole rings is 1. The van der Waals surface area contributed by atoms with Gasteiger partial charge in [0.15, 0.2) is 5.82 Å². The number of nitrogens with zero attached hydrogens (tertiary/aromatic N) is 5. The molecular weight excluding hydrogens is 506 g/mol. The molecule has 0 saturated heterocycles. The van der Waals surface area contributed by atoms with Crippen LogP contribution in [0.15, 0.2) is 95.9 Å². The molecule has 0 aliphatic heterocycles. The Morgan fingerprint density at radius 2 is 1.64 bits per heavy atom. The van der Waals surface area contributed by atoms with Crippen LogP contribution in [0.4, 0.5) is 0 Å². The Bertz CT molecular complexity index is 1850. The van der Waals surface area contributed by atoms with E-state index in [1.54, 1.807) is 0 Å². The van der Waals surface area contributed by atoms with Crippen molar-refractivity contribution in [3.63, 3.8) is 0 Å². The van der Waals surface area contributed by atoms with E-state index in [0.717, 1.165) is 40.2 Å². The van der Waals surface area contributed by atoms with Crippen LogP contribution in [-0.2, 0) is 0 Å². The zero-order valence-corrected chi connectivity index (χ0v) is 22.1. The maximum Gasteiger partial charge on any atom is 0.291 e. The highest BCUT2D eigenvalue weighted by Crippen LogP contribution is 2.26. The second kappa shape index (κ2) is 10.9. The molecule has 0 amide bonds. The summed E-state index contributed by atoms with van der Waals surface area (Å²) < 4.78 is 9.48. The van der Waals surface area contributed by atoms with Crippen molar-refractivity contribution in [3.8, 4) is 22.7 Å². The van der Waals surface area contributed by atoms with Crippen molar-refractivity contribution in [3.05, 3.63) is 123 Å². The minimum atomic E-state index is -0.205. The Morgan fingerprint density at radius 3 is 2.36 bits per heavy atom. The van der Waals surface area contributed by atoms with Crippen LogP contribution in [0.1, 0.15) is 30.3 Å². The van der Waals surface area contributed by atoms with Crippen LogP contribution in [0.3, 0.4) is 0 Å². The van der Waals surface area contributed by atoms with Gasteiger partial charge < -0.3 is 4.74 Å². The number of ether oxygens (including phenoxy) is 1. The molecule has 39 heavy (non-hydrogen) atoms. The Balaban J connectivity index is 1.39. The zero-order chi connectivity index (χ0) is 26.6. The third-order valence-corrected chi connectivity index (χ3v) is 7.03. The summed E-state index contributed by atoms with van der Waals surface area (Å²) in [5.74, 6) is 1.31. The van der Waals surface area contributed by atoms with Gasteiger partial charge in [0.1, 0.15) is 11.4 Å². The molecule has 7 nitrogen and oxygen atoms in total. The van der Waals surface area contributed by atoms with E-state index < -0.39 is 0 Å². The first-order valence-electron chi connectivity index (χ1n) is 12.7. The van der Waals surface area contributed by atoms with Gasteiger partial charge in [-0.3, -0.25) is 4.79 Å². The van der Waals surface area contributed by atoms with Gasteiger partial charge in [-0.15, -0.1) is 5.10 Å². The molecule has 0 aliphatic rings. The van der Waals surface area contributed by atoms with Gasteiger partial charge in [0.25, 0.3) is 5.56 Å². The van der Waals surface area contributed by atoms with Gasteiger partial charge in [-0.25, -0.2) is 4.68 Å². The van der Waals surface area contributed by atoms with E-state index in [1.165, 1.54) is 15.9 Å². The van der Waals surface area contributed by atoms with Crippen molar-refractivity contribution in [2.75, 3.05) is 6.61 Å². The molecule has 3 aromatic carbocycles. The molecule has 0 saturated carbocycles. The third kappa shape index (κ3) is 5.28. The highest BCUT2D eigenvalue weighted by Gasteiger charge is 2.14. The molecule has 0 N–H and O–H groups in total. The predicted octanol–water partition coefficient (Wildman–Crippen LogP) is 5.51. The number of aromatic nitrogens is 5. The molecular formula is C31H25N5O2S. The Morgan fingerprint density at radius 1 is 0.897 bits per heavy atom. The zero-order valence-electron chi connectivity index (χ0n) is 21.3. The van der Waals surface area contributed by atoms with E-state index in [9.17, 15) is 4.79 Å². The molecule has 0 atom stereocenters. The molecule has 0 spiro atoms. The minimum Gasteiger partial charge on any atom is -0.494 e. The number of fused-ring (bicyclic) bond motifs is 1. The quantitative estimate of drug-likeness (QED) is 0.259. The predicted molar refractivity (Wildman–Crippen MR) is 156 cm³/mol. The second-order valence-electron chi connectivity index (χ2n) is 8.91. The van der Waals surface area contributed by atoms with Crippen molar-refractivity contribution < 1.29 is 4.74 Å². The number of benzene rings is 3. The van der Waals surface area contributed by atoms with E-state index in [4.69, 9.17) is 9.84 Å². The maximum atomic E-state index is 13.3. The highest BCUT2D eigenvalue weighted by molar-refractivity contribution is 7.15. The van der Waals surface area contributed by atoms with Crippen LogP contribution in [0, 0.1) is 0 Å². The Kier molecular flexibility index (Phi) is 6.84. The van der Waals surface area contributed by atoms with Crippen molar-refractivity contribution in [2.24, 2.45) is 0 Å². The molecule has 0 radical (unpaired) electrons. The molecule has 3 heterocycles. The van der Waals surface area contributed by atoms with Crippen molar-refractivity contribution in [2.45, 2.75) is 13.3 Å². The standard InChI is InChI=1S/C31H25N5O2S/c1-2-19-38-26-16-14-23(15-17-26)29-24(21-35(34-29)25-11-7-4-8-12-25)20-27-30(37)36-31(39-27)32-28(33-36)18-13-22-9-5-3-6-10-22/h3-18,20-21H,2,19H2,1H3/b18-13+,27-20-. The van der Waals surface area contributed by atoms with Crippen LogP contribution >= 0.6 is 11.3 Å². The number of hydrogen-bond acceptors (Lipinski definition) is 6. The number of para-hydroxylation sites is 1. The maximum absolute atomic E-state index is 13.3. The van der Waals surface area contributed by atoms with Gasteiger partial charge in [-0.2, -0.15) is 14.6 Å². The lowest BCUT2D eigenvalue weighted by atomic mass is 10.1. The molecule has 0 unspecified atom stereocenters. The lowest BCUT2D eigenvalue weighted by molar-refractivity contribution is 0.317. The topological polar surface area (TPSA) is 74.3 Å². The van der Waals surface area contributed by atoms with E-state index in [0.29, 0.717) is 21.9 Å². The Hall–Kier alpha value is -4.82. The molecule has 8 heteroatoms. The van der Waals surface area contributed by atoms with Gasteiger partial charge >= 0.3 is 0 Å². The molecule has 192 valence electrons. The van der Waals surface area contributed by atoms with Crippen molar-refractivity contribution in [1.29, 1.82) is 0 Å². The van der Waals surface area contributed by atoms with E-state index >= 15 is 0 Å². The van der Waals surface area contributed by atoms with Gasteiger partial charge in [0, 0.05) is 17.3 Å². The third-order valence-electron chi connectivity index (χ3n) is 6.07. The van der Waals surface area contributed by atoms with Gasteiger partial charge in [-0.1, -0.05) is 72.9 Å². The average molecular weight is 532 g/mol. The summed E-state index contributed by atoms with van der Waals surface area (Å²) in [4.78, 5) is 18.4. The van der Waals surface area contributed by atoms with Crippen molar-refractivity contribution in [1.82, 2.24) is 24.4 Å². The van der Waals surface area contributed by atoms with E-state index in [2.05, 4.69) is 17.0 Å². The number of hydrogen-bond donors (Lipinski definition) is 0. The van der Waals surface area contributed by atoms with Gasteiger partial charge in [0.2, 0.25) is 4.96 Å². The smallest absolute Gasteiger partial charge is 0.291 e. The molecule has 0 bridgehead atoms. The van der Waals surface area contributed by atoms with Crippen LogP contribution in [-0.4, -0.2) is 31.0 Å². The monoisotopic (exact) mass is 531 g/mol. The fourth-order valence-corrected chi connectivity index (χ4v) is 5.06. The van der Waals surface area contributed by atoms with Gasteiger partial charge in [-0.05, 0) is 60.5 Å². The van der Waals surface area contributed by atoms with Crippen LogP contribution in [0.5, 0.6) is 5.75 Å². The van der Waals surface area contributed by atoms with Crippen LogP contribution in [0.25, 0.3) is 40.1 Å². The summed E-state index contributed by atoms with van der Waals surface area (Å²) in [5.41, 5.74) is 4.29. The normalized spacial score (nSPS) is 12.1. The second-order valence-corrected chi connectivity index (χ2v) is 9.92. The lowest BCUT2D eigenvalue weighted by Crippen LogP contribution is -2.23. The van der Waals surface area contributed by atoms with E-state index in [-0.39, 0.29) is 5.56 Å². The molecule has 6 aromatic rings. The first-order chi connectivity index (χ1) is 19.2. The largest absolute Gasteiger partial charge is 0.494 e.